The summed E-state index contributed by atoms with van der Waals surface area (Å²) < 4.78 is 0. The lowest BCUT2D eigenvalue weighted by atomic mass is 9.95. The monoisotopic (exact) mass is 333 g/mol. The van der Waals surface area contributed by atoms with Gasteiger partial charge in [0.1, 0.15) is 0 Å². The summed E-state index contributed by atoms with van der Waals surface area (Å²) in [6.45, 7) is 0. The molecule has 0 unspecified atom stereocenters. The lowest BCUT2D eigenvalue weighted by molar-refractivity contribution is -0.116. The van der Waals surface area contributed by atoms with Crippen molar-refractivity contribution in [1.82, 2.24) is 5.32 Å². The first kappa shape index (κ1) is 17.5. The summed E-state index contributed by atoms with van der Waals surface area (Å²) in [6.07, 6.45) is 10.5. The minimum Gasteiger partial charge on any atom is -0.349 e. The Balaban J connectivity index is 1.81. The van der Waals surface area contributed by atoms with Crippen molar-refractivity contribution in [2.75, 3.05) is 0 Å². The van der Waals surface area contributed by atoms with E-state index in [0.717, 1.165) is 29.5 Å². The van der Waals surface area contributed by atoms with Gasteiger partial charge in [-0.2, -0.15) is 0 Å². The quantitative estimate of drug-likeness (QED) is 0.584. The van der Waals surface area contributed by atoms with Crippen molar-refractivity contribution in [3.05, 3.63) is 71.8 Å². The number of benzene rings is 2. The Morgan fingerprint density at radius 1 is 0.800 bits per heavy atom. The van der Waals surface area contributed by atoms with Crippen LogP contribution in [0, 0.1) is 0 Å². The molecule has 2 aromatic rings. The largest absolute Gasteiger partial charge is 0.349 e. The Kier molecular flexibility index (Phi) is 6.44. The molecular formula is C23H27NO. The maximum Gasteiger partial charge on any atom is 0.252 e. The number of amides is 1. The van der Waals surface area contributed by atoms with E-state index in [1.807, 2.05) is 66.7 Å². The predicted molar refractivity (Wildman–Crippen MR) is 105 cm³/mol. The zero-order chi connectivity index (χ0) is 17.3. The maximum absolute atomic E-state index is 13.0. The van der Waals surface area contributed by atoms with E-state index in [9.17, 15) is 4.79 Å². The lowest BCUT2D eigenvalue weighted by Crippen LogP contribution is -2.35. The van der Waals surface area contributed by atoms with Gasteiger partial charge in [0.2, 0.25) is 0 Å². The standard InChI is InChI=1S/C23H27NO/c25-23(24-21-16-10-2-1-3-11-17-21)22(20-14-8-5-9-15-20)18-19-12-6-4-7-13-19/h4-9,12-15,18,21H,1-3,10-11,16-17H2,(H,24,25)/b22-18+. The molecule has 1 N–H and O–H groups in total. The van der Waals surface area contributed by atoms with E-state index in [0.29, 0.717) is 6.04 Å². The molecule has 0 radical (unpaired) electrons. The van der Waals surface area contributed by atoms with Crippen LogP contribution in [-0.4, -0.2) is 11.9 Å². The van der Waals surface area contributed by atoms with Crippen LogP contribution in [0.5, 0.6) is 0 Å². The number of carbonyl (C=O) groups excluding carboxylic acids is 1. The van der Waals surface area contributed by atoms with Crippen LogP contribution in [0.15, 0.2) is 60.7 Å². The Morgan fingerprint density at radius 3 is 2.00 bits per heavy atom. The van der Waals surface area contributed by atoms with Crippen LogP contribution < -0.4 is 5.32 Å². The predicted octanol–water partition coefficient (Wildman–Crippen LogP) is 5.46. The molecule has 0 aromatic heterocycles. The smallest absolute Gasteiger partial charge is 0.252 e. The Hall–Kier alpha value is -2.35. The van der Waals surface area contributed by atoms with Crippen molar-refractivity contribution < 1.29 is 4.79 Å². The number of hydrogen-bond acceptors (Lipinski definition) is 1. The zero-order valence-corrected chi connectivity index (χ0v) is 14.8. The number of rotatable bonds is 4. The highest BCUT2D eigenvalue weighted by atomic mass is 16.1. The average Bonchev–Trinajstić information content (AvgIpc) is 2.63. The Bertz CT molecular complexity index is 683. The Labute approximate surface area is 151 Å². The molecule has 1 amide bonds. The molecule has 0 atom stereocenters. The molecule has 25 heavy (non-hydrogen) atoms. The molecule has 1 fully saturated rings. The van der Waals surface area contributed by atoms with Gasteiger partial charge in [-0.1, -0.05) is 92.8 Å². The van der Waals surface area contributed by atoms with E-state index in [1.54, 1.807) is 0 Å². The van der Waals surface area contributed by atoms with Crippen LogP contribution in [0.1, 0.15) is 56.1 Å². The van der Waals surface area contributed by atoms with Crippen molar-refractivity contribution in [2.45, 2.75) is 51.0 Å². The minimum atomic E-state index is 0.0422. The average molecular weight is 333 g/mol. The van der Waals surface area contributed by atoms with Gasteiger partial charge in [0.05, 0.1) is 0 Å². The molecule has 1 saturated carbocycles. The molecule has 130 valence electrons. The first-order chi connectivity index (χ1) is 12.3. The van der Waals surface area contributed by atoms with Crippen molar-refractivity contribution in [2.24, 2.45) is 0 Å². The van der Waals surface area contributed by atoms with Gasteiger partial charge in [-0.3, -0.25) is 4.79 Å². The second-order valence-corrected chi connectivity index (χ2v) is 6.85. The minimum absolute atomic E-state index is 0.0422. The lowest BCUT2D eigenvalue weighted by Gasteiger charge is -2.22. The summed E-state index contributed by atoms with van der Waals surface area (Å²) in [5.41, 5.74) is 2.76. The summed E-state index contributed by atoms with van der Waals surface area (Å²) >= 11 is 0. The number of hydrogen-bond donors (Lipinski definition) is 1. The van der Waals surface area contributed by atoms with Crippen LogP contribution in [0.2, 0.25) is 0 Å². The van der Waals surface area contributed by atoms with Crippen LogP contribution in [0.25, 0.3) is 11.6 Å². The summed E-state index contributed by atoms with van der Waals surface area (Å²) in [5, 5.41) is 3.30. The summed E-state index contributed by atoms with van der Waals surface area (Å²) in [4.78, 5) is 13.0. The van der Waals surface area contributed by atoms with Crippen LogP contribution in [-0.2, 0) is 4.79 Å². The maximum atomic E-state index is 13.0. The van der Waals surface area contributed by atoms with Gasteiger partial charge in [0.15, 0.2) is 0 Å². The fourth-order valence-corrected chi connectivity index (χ4v) is 3.48. The van der Waals surface area contributed by atoms with Gasteiger partial charge in [-0.15, -0.1) is 0 Å². The third kappa shape index (κ3) is 5.32. The number of carbonyl (C=O) groups is 1. The molecule has 0 heterocycles. The third-order valence-electron chi connectivity index (χ3n) is 4.88. The second-order valence-electron chi connectivity index (χ2n) is 6.85. The molecule has 3 rings (SSSR count). The molecule has 2 heteroatoms. The van der Waals surface area contributed by atoms with E-state index in [4.69, 9.17) is 0 Å². The Morgan fingerprint density at radius 2 is 1.36 bits per heavy atom. The van der Waals surface area contributed by atoms with E-state index in [1.165, 1.54) is 32.1 Å². The van der Waals surface area contributed by atoms with Gasteiger partial charge < -0.3 is 5.32 Å². The van der Waals surface area contributed by atoms with Gasteiger partial charge in [0, 0.05) is 11.6 Å². The van der Waals surface area contributed by atoms with Crippen molar-refractivity contribution in [3.8, 4) is 0 Å². The van der Waals surface area contributed by atoms with Gasteiger partial charge in [0.25, 0.3) is 5.91 Å². The fourth-order valence-electron chi connectivity index (χ4n) is 3.48. The molecule has 2 aromatic carbocycles. The summed E-state index contributed by atoms with van der Waals surface area (Å²) in [6, 6.07) is 20.3. The molecule has 1 aliphatic carbocycles. The highest BCUT2D eigenvalue weighted by molar-refractivity contribution is 6.24. The highest BCUT2D eigenvalue weighted by Gasteiger charge is 2.18. The van der Waals surface area contributed by atoms with Gasteiger partial charge >= 0.3 is 0 Å². The highest BCUT2D eigenvalue weighted by Crippen LogP contribution is 2.21. The van der Waals surface area contributed by atoms with E-state index in [2.05, 4.69) is 5.32 Å². The zero-order valence-electron chi connectivity index (χ0n) is 14.8. The van der Waals surface area contributed by atoms with E-state index in [-0.39, 0.29) is 5.91 Å². The molecule has 0 saturated heterocycles. The van der Waals surface area contributed by atoms with Crippen LogP contribution in [0.4, 0.5) is 0 Å². The first-order valence-electron chi connectivity index (χ1n) is 9.46. The fraction of sp³-hybridized carbons (Fsp3) is 0.348. The van der Waals surface area contributed by atoms with E-state index < -0.39 is 0 Å². The van der Waals surface area contributed by atoms with Crippen LogP contribution in [0.3, 0.4) is 0 Å². The summed E-state index contributed by atoms with van der Waals surface area (Å²) in [7, 11) is 0. The molecule has 0 spiro atoms. The first-order valence-corrected chi connectivity index (χ1v) is 9.46. The molecule has 0 aliphatic heterocycles. The second kappa shape index (κ2) is 9.22. The van der Waals surface area contributed by atoms with Crippen molar-refractivity contribution in [3.63, 3.8) is 0 Å². The normalized spacial score (nSPS) is 16.7. The number of nitrogens with one attached hydrogen (secondary N) is 1. The summed E-state index contributed by atoms with van der Waals surface area (Å²) in [5.74, 6) is 0.0422. The van der Waals surface area contributed by atoms with Crippen molar-refractivity contribution >= 4 is 17.6 Å². The SMILES string of the molecule is O=C(NC1CCCCCCC1)/C(=C/c1ccccc1)c1ccccc1. The molecule has 2 nitrogen and oxygen atoms in total. The van der Waals surface area contributed by atoms with E-state index >= 15 is 0 Å². The van der Waals surface area contributed by atoms with Gasteiger partial charge in [-0.05, 0) is 30.0 Å². The van der Waals surface area contributed by atoms with Crippen LogP contribution >= 0.6 is 0 Å². The topological polar surface area (TPSA) is 29.1 Å². The van der Waals surface area contributed by atoms with Crippen molar-refractivity contribution in [1.29, 1.82) is 0 Å². The third-order valence-corrected chi connectivity index (χ3v) is 4.88. The van der Waals surface area contributed by atoms with Gasteiger partial charge in [-0.25, -0.2) is 0 Å². The molecule has 1 aliphatic rings. The molecule has 0 bridgehead atoms. The molecular weight excluding hydrogens is 306 g/mol.